The predicted octanol–water partition coefficient (Wildman–Crippen LogP) is 3.10. The van der Waals surface area contributed by atoms with Crippen LogP contribution in [0, 0.1) is 6.92 Å². The van der Waals surface area contributed by atoms with Gasteiger partial charge in [0.25, 0.3) is 0 Å². The highest BCUT2D eigenvalue weighted by Gasteiger charge is 2.04. The lowest BCUT2D eigenvalue weighted by Gasteiger charge is -2.08. The molecule has 132 valence electrons. The molecule has 0 saturated carbocycles. The van der Waals surface area contributed by atoms with Gasteiger partial charge in [-0.2, -0.15) is 0 Å². The Morgan fingerprint density at radius 1 is 1.00 bits per heavy atom. The van der Waals surface area contributed by atoms with Crippen molar-refractivity contribution in [2.75, 3.05) is 6.61 Å². The summed E-state index contributed by atoms with van der Waals surface area (Å²) in [4.78, 5) is 22.4. The molecule has 0 atom stereocenters. The first-order valence-corrected chi connectivity index (χ1v) is 8.29. The molecule has 2 N–H and O–H groups in total. The maximum absolute atomic E-state index is 12.0. The highest BCUT2D eigenvalue weighted by atomic mass is 16.5. The van der Waals surface area contributed by atoms with Gasteiger partial charge in [0.15, 0.2) is 0 Å². The highest BCUT2D eigenvalue weighted by Crippen LogP contribution is 2.13. The molecular formula is C20H23NO4. The first kappa shape index (κ1) is 18.5. The molecule has 2 aromatic rings. The molecule has 2 aromatic carbocycles. The largest absolute Gasteiger partial charge is 0.494 e. The fourth-order valence-corrected chi connectivity index (χ4v) is 2.27. The molecule has 0 aromatic heterocycles. The average Bonchev–Trinajstić information content (AvgIpc) is 2.60. The number of amides is 1. The highest BCUT2D eigenvalue weighted by molar-refractivity contribution is 5.78. The minimum absolute atomic E-state index is 0.0159. The number of hydrogen-bond acceptors (Lipinski definition) is 3. The second-order valence-electron chi connectivity index (χ2n) is 5.93. The van der Waals surface area contributed by atoms with Crippen molar-refractivity contribution in [3.63, 3.8) is 0 Å². The second kappa shape index (κ2) is 9.47. The molecule has 0 aliphatic heterocycles. The van der Waals surface area contributed by atoms with Crippen molar-refractivity contribution >= 4 is 11.9 Å². The van der Waals surface area contributed by atoms with Gasteiger partial charge >= 0.3 is 5.97 Å². The first-order valence-electron chi connectivity index (χ1n) is 8.29. The topological polar surface area (TPSA) is 75.6 Å². The van der Waals surface area contributed by atoms with Crippen molar-refractivity contribution in [3.8, 4) is 5.75 Å². The van der Waals surface area contributed by atoms with E-state index in [0.717, 1.165) is 11.1 Å². The molecule has 0 saturated heterocycles. The van der Waals surface area contributed by atoms with E-state index in [-0.39, 0.29) is 12.3 Å². The number of hydrogen-bond donors (Lipinski definition) is 2. The summed E-state index contributed by atoms with van der Waals surface area (Å²) in [5.74, 6) is -0.140. The van der Waals surface area contributed by atoms with Crippen molar-refractivity contribution in [3.05, 3.63) is 65.2 Å². The molecule has 1 amide bonds. The fraction of sp³-hybridized carbons (Fsp3) is 0.300. The Balaban J connectivity index is 1.72. The number of ether oxygens (including phenoxy) is 1. The van der Waals surface area contributed by atoms with E-state index in [0.29, 0.717) is 31.7 Å². The van der Waals surface area contributed by atoms with E-state index in [1.807, 2.05) is 55.5 Å². The van der Waals surface area contributed by atoms with E-state index in [2.05, 4.69) is 5.32 Å². The summed E-state index contributed by atoms with van der Waals surface area (Å²) in [6, 6.07) is 15.3. The molecule has 5 nitrogen and oxygen atoms in total. The number of carbonyl (C=O) groups is 2. The minimum Gasteiger partial charge on any atom is -0.494 e. The molecule has 0 radical (unpaired) electrons. The zero-order valence-electron chi connectivity index (χ0n) is 14.3. The van der Waals surface area contributed by atoms with Crippen LogP contribution in [0.1, 0.15) is 29.5 Å². The van der Waals surface area contributed by atoms with Crippen LogP contribution in [0.15, 0.2) is 48.5 Å². The van der Waals surface area contributed by atoms with Crippen molar-refractivity contribution < 1.29 is 19.4 Å². The Bertz CT molecular complexity index is 693. The average molecular weight is 341 g/mol. The third kappa shape index (κ3) is 7.08. The Morgan fingerprint density at radius 2 is 1.64 bits per heavy atom. The van der Waals surface area contributed by atoms with Gasteiger partial charge in [0.2, 0.25) is 5.91 Å². The normalized spacial score (nSPS) is 10.3. The minimum atomic E-state index is -0.819. The standard InChI is InChI=1S/C20H23NO4/c1-15-4-6-16(7-5-15)13-19(22)21-14-17-8-10-18(11-9-17)25-12-2-3-20(23)24/h4-11H,2-3,12-14H2,1H3,(H,21,22)(H,23,24). The molecule has 5 heteroatoms. The summed E-state index contributed by atoms with van der Waals surface area (Å²) in [6.07, 6.45) is 0.947. The van der Waals surface area contributed by atoms with Gasteiger partial charge in [0, 0.05) is 13.0 Å². The monoisotopic (exact) mass is 341 g/mol. The number of carbonyl (C=O) groups excluding carboxylic acids is 1. The summed E-state index contributed by atoms with van der Waals surface area (Å²) in [6.45, 7) is 2.85. The van der Waals surface area contributed by atoms with Gasteiger partial charge in [-0.3, -0.25) is 9.59 Å². The number of aryl methyl sites for hydroxylation is 1. The molecule has 2 rings (SSSR count). The van der Waals surface area contributed by atoms with Crippen LogP contribution in [0.4, 0.5) is 0 Å². The van der Waals surface area contributed by atoms with Gasteiger partial charge in [-0.05, 0) is 36.6 Å². The molecule has 0 aliphatic rings. The van der Waals surface area contributed by atoms with Crippen molar-refractivity contribution in [1.29, 1.82) is 0 Å². The molecule has 0 bridgehead atoms. The van der Waals surface area contributed by atoms with Crippen LogP contribution in [-0.2, 0) is 22.6 Å². The zero-order valence-corrected chi connectivity index (χ0v) is 14.3. The van der Waals surface area contributed by atoms with Gasteiger partial charge in [-0.1, -0.05) is 42.0 Å². The van der Waals surface area contributed by atoms with Crippen LogP contribution in [0.5, 0.6) is 5.75 Å². The van der Waals surface area contributed by atoms with Gasteiger partial charge in [-0.15, -0.1) is 0 Å². The summed E-state index contributed by atoms with van der Waals surface area (Å²) in [5, 5.41) is 11.5. The Morgan fingerprint density at radius 3 is 2.28 bits per heavy atom. The summed E-state index contributed by atoms with van der Waals surface area (Å²) < 4.78 is 5.47. The van der Waals surface area contributed by atoms with Gasteiger partial charge in [0.05, 0.1) is 13.0 Å². The quantitative estimate of drug-likeness (QED) is 0.687. The molecule has 0 fully saturated rings. The number of carboxylic acids is 1. The molecule has 0 heterocycles. The zero-order chi connectivity index (χ0) is 18.1. The molecule has 0 unspecified atom stereocenters. The van der Waals surface area contributed by atoms with E-state index in [1.54, 1.807) is 0 Å². The molecule has 25 heavy (non-hydrogen) atoms. The Labute approximate surface area is 147 Å². The van der Waals surface area contributed by atoms with Gasteiger partial charge < -0.3 is 15.2 Å². The number of benzene rings is 2. The van der Waals surface area contributed by atoms with E-state index < -0.39 is 5.97 Å². The SMILES string of the molecule is Cc1ccc(CC(=O)NCc2ccc(OCCCC(=O)O)cc2)cc1. The number of aliphatic carboxylic acids is 1. The number of carboxylic acid groups (broad SMARTS) is 1. The third-order valence-electron chi connectivity index (χ3n) is 3.70. The van der Waals surface area contributed by atoms with E-state index >= 15 is 0 Å². The maximum Gasteiger partial charge on any atom is 0.303 e. The number of nitrogens with one attached hydrogen (secondary N) is 1. The van der Waals surface area contributed by atoms with Crippen molar-refractivity contribution in [2.24, 2.45) is 0 Å². The summed E-state index contributed by atoms with van der Waals surface area (Å²) in [5.41, 5.74) is 3.15. The number of rotatable bonds is 9. The fourth-order valence-electron chi connectivity index (χ4n) is 2.27. The third-order valence-corrected chi connectivity index (χ3v) is 3.70. The van der Waals surface area contributed by atoms with Crippen LogP contribution in [0.3, 0.4) is 0 Å². The van der Waals surface area contributed by atoms with Crippen molar-refractivity contribution in [1.82, 2.24) is 5.32 Å². The smallest absolute Gasteiger partial charge is 0.303 e. The van der Waals surface area contributed by atoms with E-state index in [4.69, 9.17) is 9.84 Å². The summed E-state index contributed by atoms with van der Waals surface area (Å²) >= 11 is 0. The second-order valence-corrected chi connectivity index (χ2v) is 5.93. The lowest BCUT2D eigenvalue weighted by atomic mass is 10.1. The Hall–Kier alpha value is -2.82. The first-order chi connectivity index (χ1) is 12.0. The lowest BCUT2D eigenvalue weighted by Crippen LogP contribution is -2.24. The van der Waals surface area contributed by atoms with Gasteiger partial charge in [-0.25, -0.2) is 0 Å². The van der Waals surface area contributed by atoms with Crippen molar-refractivity contribution in [2.45, 2.75) is 32.7 Å². The molecule has 0 aliphatic carbocycles. The lowest BCUT2D eigenvalue weighted by molar-refractivity contribution is -0.137. The van der Waals surface area contributed by atoms with Crippen LogP contribution >= 0.6 is 0 Å². The Kier molecular flexibility index (Phi) is 7.01. The summed E-state index contributed by atoms with van der Waals surface area (Å²) in [7, 11) is 0. The van der Waals surface area contributed by atoms with Gasteiger partial charge in [0.1, 0.15) is 5.75 Å². The molecule has 0 spiro atoms. The van der Waals surface area contributed by atoms with E-state index in [9.17, 15) is 9.59 Å². The van der Waals surface area contributed by atoms with Crippen LogP contribution in [0.2, 0.25) is 0 Å². The van der Waals surface area contributed by atoms with Crippen LogP contribution < -0.4 is 10.1 Å². The van der Waals surface area contributed by atoms with Crippen LogP contribution in [-0.4, -0.2) is 23.6 Å². The predicted molar refractivity (Wildman–Crippen MR) is 95.5 cm³/mol. The maximum atomic E-state index is 12.0. The molecular weight excluding hydrogens is 318 g/mol. The van der Waals surface area contributed by atoms with Crippen LogP contribution in [0.25, 0.3) is 0 Å². The van der Waals surface area contributed by atoms with E-state index in [1.165, 1.54) is 5.56 Å².